The molecule has 0 aliphatic heterocycles. The van der Waals surface area contributed by atoms with Crippen molar-refractivity contribution in [2.24, 2.45) is 0 Å². The molecule has 3 N–H and O–H groups in total. The molecule has 0 bridgehead atoms. The van der Waals surface area contributed by atoms with E-state index in [2.05, 4.69) is 9.05 Å². The Morgan fingerprint density at radius 2 is 1.36 bits per heavy atom. The number of carbonyl (C=O) groups is 1. The zero-order valence-electron chi connectivity index (χ0n) is 11.0. The van der Waals surface area contributed by atoms with Crippen molar-refractivity contribution in [1.29, 1.82) is 0 Å². The number of aliphatic hydroxyl groups excluding tert-OH is 3. The largest absolute Gasteiger partial charge is 2.00 e. The summed E-state index contributed by atoms with van der Waals surface area (Å²) in [5.41, 5.74) is 0. The number of hydrogen-bond acceptors (Lipinski definition) is 12. The molecule has 22 heavy (non-hydrogen) atoms. The molecule has 0 rings (SSSR count). The van der Waals surface area contributed by atoms with Gasteiger partial charge in [-0.2, -0.15) is 0 Å². The maximum atomic E-state index is 11.1. The zero-order chi connectivity index (χ0) is 16.1. The number of hydrogen-bond donors (Lipinski definition) is 3. The molecule has 3 atom stereocenters. The average molecular weight is 511 g/mol. The van der Waals surface area contributed by atoms with Gasteiger partial charge in [-0.15, -0.1) is 0 Å². The summed E-state index contributed by atoms with van der Waals surface area (Å²) in [4.78, 5) is 51.4. The third kappa shape index (κ3) is 15.0. The predicted molar refractivity (Wildman–Crippen MR) is 61.7 cm³/mol. The Kier molecular flexibility index (Phi) is 17.4. The van der Waals surface area contributed by atoms with Gasteiger partial charge in [-0.25, -0.2) is 0 Å². The zero-order valence-corrected chi connectivity index (χ0v) is 19.7. The van der Waals surface area contributed by atoms with Crippen molar-refractivity contribution in [3.05, 3.63) is 0 Å². The van der Waals surface area contributed by atoms with E-state index in [1.807, 2.05) is 0 Å². The van der Waals surface area contributed by atoms with Crippen LogP contribution in [0, 0.1) is 0 Å². The number of carbonyl (C=O) groups excluding carboxylic acids is 1. The molecular weight excluding hydrogens is 501 g/mol. The van der Waals surface area contributed by atoms with Gasteiger partial charge >= 0.3 is 91.0 Å². The summed E-state index contributed by atoms with van der Waals surface area (Å²) in [6, 6.07) is 0. The fourth-order valence-corrected chi connectivity index (χ4v) is 1.52. The molecule has 0 aromatic rings. The van der Waals surface area contributed by atoms with Crippen LogP contribution in [0.15, 0.2) is 0 Å². The van der Waals surface area contributed by atoms with E-state index in [0.717, 1.165) is 0 Å². The van der Waals surface area contributed by atoms with E-state index in [1.54, 1.807) is 0 Å². The normalized spacial score (nSPS) is 16.0. The molecule has 0 aliphatic rings. The first kappa shape index (κ1) is 29.5. The second-order valence-corrected chi connectivity index (χ2v) is 5.74. The molecule has 0 saturated carbocycles. The topological polar surface area (TPSA) is 223 Å². The van der Waals surface area contributed by atoms with Crippen molar-refractivity contribution < 1.29 is 57.9 Å². The van der Waals surface area contributed by atoms with Crippen LogP contribution in [0.2, 0.25) is 0 Å². The molecule has 120 valence electrons. The van der Waals surface area contributed by atoms with Crippen LogP contribution in [-0.4, -0.2) is 144 Å². The third-order valence-corrected chi connectivity index (χ3v) is 2.73. The standard InChI is InChI=1S/C6H14O12P2.2Sr/c7-3(1-17-19(11,12)13)5(9)6(10)4(8)2-18-20(14,15)16;;/h3,5-7,9-10H,1-2H2,(H2,11,12,13)(H2,14,15,16);;/q;2*+2/p-4/t3-,5-,6-;;/m1../s1. The second-order valence-electron chi connectivity index (χ2n) is 3.43. The number of aliphatic hydroxyl groups is 3. The van der Waals surface area contributed by atoms with E-state index in [-0.39, 0.29) is 91.0 Å². The molecule has 0 spiro atoms. The van der Waals surface area contributed by atoms with Crippen molar-refractivity contribution in [1.82, 2.24) is 0 Å². The van der Waals surface area contributed by atoms with Crippen LogP contribution in [0.5, 0.6) is 0 Å². The summed E-state index contributed by atoms with van der Waals surface area (Å²) in [6.07, 6.45) is -6.83. The minimum absolute atomic E-state index is 0. The predicted octanol–water partition coefficient (Wildman–Crippen LogP) is -6.43. The van der Waals surface area contributed by atoms with E-state index >= 15 is 0 Å². The van der Waals surface area contributed by atoms with Gasteiger partial charge in [0, 0.05) is 0 Å². The van der Waals surface area contributed by atoms with Gasteiger partial charge in [-0.1, -0.05) is 0 Å². The molecule has 0 unspecified atom stereocenters. The van der Waals surface area contributed by atoms with Crippen LogP contribution in [-0.2, 0) is 23.0 Å². The van der Waals surface area contributed by atoms with Crippen LogP contribution >= 0.6 is 15.6 Å². The van der Waals surface area contributed by atoms with Crippen molar-refractivity contribution in [3.63, 3.8) is 0 Å². The van der Waals surface area contributed by atoms with Gasteiger partial charge in [-0.05, 0) is 0 Å². The molecule has 0 aromatic heterocycles. The maximum absolute atomic E-state index is 11.1. The van der Waals surface area contributed by atoms with Gasteiger partial charge in [0.1, 0.15) is 24.9 Å². The van der Waals surface area contributed by atoms with Gasteiger partial charge < -0.3 is 53.1 Å². The Hall–Kier alpha value is 2.73. The molecule has 0 aromatic carbocycles. The van der Waals surface area contributed by atoms with E-state index < -0.39 is 53.0 Å². The molecule has 0 fully saturated rings. The van der Waals surface area contributed by atoms with Gasteiger partial charge in [0.2, 0.25) is 0 Å². The van der Waals surface area contributed by atoms with Gasteiger partial charge in [-0.3, -0.25) is 4.79 Å². The quantitative estimate of drug-likeness (QED) is 0.194. The maximum Gasteiger partial charge on any atom is 2.00 e. The SMILES string of the molecule is O=C(COP(=O)([O-])[O-])[C@@H](O)[C@H](O)[C@H](O)COP(=O)([O-])[O-].[Sr+2].[Sr+2]. The first-order chi connectivity index (χ1) is 8.83. The van der Waals surface area contributed by atoms with Crippen molar-refractivity contribution >= 4 is 112 Å². The van der Waals surface area contributed by atoms with Crippen LogP contribution in [0.4, 0.5) is 0 Å². The van der Waals surface area contributed by atoms with Crippen LogP contribution < -0.4 is 19.6 Å². The van der Waals surface area contributed by atoms with Gasteiger partial charge in [0.05, 0.1) is 22.3 Å². The third-order valence-electron chi connectivity index (χ3n) is 1.82. The average Bonchev–Trinajstić information content (AvgIpc) is 2.29. The molecule has 16 heteroatoms. The second kappa shape index (κ2) is 13.0. The molecular formula is C6H10O12P2Sr2. The summed E-state index contributed by atoms with van der Waals surface area (Å²) in [5, 5.41) is 27.5. The number of phosphoric acid groups is 2. The molecule has 12 nitrogen and oxygen atoms in total. The minimum atomic E-state index is -5.47. The number of ketones is 1. The van der Waals surface area contributed by atoms with E-state index in [0.29, 0.717) is 0 Å². The molecule has 0 amide bonds. The van der Waals surface area contributed by atoms with E-state index in [1.165, 1.54) is 0 Å². The van der Waals surface area contributed by atoms with E-state index in [4.69, 9.17) is 10.2 Å². The fraction of sp³-hybridized carbons (Fsp3) is 0.833. The summed E-state index contributed by atoms with van der Waals surface area (Å²) >= 11 is 0. The number of rotatable bonds is 9. The Balaban J connectivity index is -0.00000180. The molecule has 0 heterocycles. The first-order valence-corrected chi connectivity index (χ1v) is 7.65. The number of phosphoric ester groups is 2. The summed E-state index contributed by atoms with van der Waals surface area (Å²) in [7, 11) is -10.9. The van der Waals surface area contributed by atoms with Gasteiger partial charge in [0.15, 0.2) is 5.78 Å². The first-order valence-electron chi connectivity index (χ1n) is 4.73. The van der Waals surface area contributed by atoms with Crippen LogP contribution in [0.1, 0.15) is 0 Å². The minimum Gasteiger partial charge on any atom is -0.790 e. The van der Waals surface area contributed by atoms with Crippen LogP contribution in [0.25, 0.3) is 0 Å². The van der Waals surface area contributed by atoms with Crippen molar-refractivity contribution in [2.75, 3.05) is 13.2 Å². The van der Waals surface area contributed by atoms with Crippen LogP contribution in [0.3, 0.4) is 0 Å². The van der Waals surface area contributed by atoms with E-state index in [9.17, 15) is 38.6 Å². The smallest absolute Gasteiger partial charge is 0.790 e. The van der Waals surface area contributed by atoms with Gasteiger partial charge in [0.25, 0.3) is 0 Å². The molecule has 0 saturated heterocycles. The monoisotopic (exact) mass is 512 g/mol. The molecule has 0 radical (unpaired) electrons. The summed E-state index contributed by atoms with van der Waals surface area (Å²) in [5.74, 6) is -1.48. The molecule has 0 aliphatic carbocycles. The Morgan fingerprint density at radius 3 is 1.73 bits per heavy atom. The number of Topliss-reactive ketones (excluding diaryl/α,β-unsaturated/α-hetero) is 1. The Labute approximate surface area is 198 Å². The Morgan fingerprint density at radius 1 is 0.955 bits per heavy atom. The Bertz CT molecular complexity index is 420. The van der Waals surface area contributed by atoms with Crippen molar-refractivity contribution in [3.8, 4) is 0 Å². The van der Waals surface area contributed by atoms with Crippen molar-refractivity contribution in [2.45, 2.75) is 18.3 Å². The summed E-state index contributed by atoms with van der Waals surface area (Å²) in [6.45, 7) is -2.63. The fourth-order valence-electron chi connectivity index (χ4n) is 0.895. The summed E-state index contributed by atoms with van der Waals surface area (Å²) < 4.78 is 27.3.